The first-order valence-corrected chi connectivity index (χ1v) is 8.27. The van der Waals surface area contributed by atoms with Crippen LogP contribution in [-0.4, -0.2) is 8.42 Å². The topological polar surface area (TPSA) is 72.2 Å². The zero-order valence-electron chi connectivity index (χ0n) is 9.97. The standard InChI is InChI=1S/C12H13ClN2O2S2/c13-12-4-3-11(6-9(12)7-14)19(16,17)15-8-10-2-1-5-18-10/h1-6,15H,7-8,14H2. The van der Waals surface area contributed by atoms with Gasteiger partial charge in [0.15, 0.2) is 0 Å². The molecule has 0 aliphatic rings. The second kappa shape index (κ2) is 6.02. The molecule has 1 heterocycles. The second-order valence-electron chi connectivity index (χ2n) is 3.86. The minimum absolute atomic E-state index is 0.175. The van der Waals surface area contributed by atoms with Crippen LogP contribution in [0.25, 0.3) is 0 Å². The van der Waals surface area contributed by atoms with E-state index >= 15 is 0 Å². The van der Waals surface area contributed by atoms with Crippen LogP contribution in [0.4, 0.5) is 0 Å². The van der Waals surface area contributed by atoms with E-state index in [9.17, 15) is 8.42 Å². The highest BCUT2D eigenvalue weighted by atomic mass is 35.5. The summed E-state index contributed by atoms with van der Waals surface area (Å²) in [5.41, 5.74) is 6.13. The molecule has 0 bridgehead atoms. The van der Waals surface area contributed by atoms with Crippen molar-refractivity contribution in [3.63, 3.8) is 0 Å². The van der Waals surface area contributed by atoms with Crippen molar-refractivity contribution >= 4 is 33.0 Å². The number of nitrogens with one attached hydrogen (secondary N) is 1. The average molecular weight is 317 g/mol. The maximum atomic E-state index is 12.1. The van der Waals surface area contributed by atoms with E-state index < -0.39 is 10.0 Å². The Hall–Kier alpha value is -0.920. The van der Waals surface area contributed by atoms with Crippen LogP contribution < -0.4 is 10.5 Å². The van der Waals surface area contributed by atoms with Gasteiger partial charge in [-0.1, -0.05) is 17.7 Å². The van der Waals surface area contributed by atoms with E-state index in [4.69, 9.17) is 17.3 Å². The number of sulfonamides is 1. The fourth-order valence-electron chi connectivity index (χ4n) is 1.54. The molecule has 3 N–H and O–H groups in total. The molecule has 0 unspecified atom stereocenters. The van der Waals surface area contributed by atoms with Crippen molar-refractivity contribution in [2.24, 2.45) is 5.73 Å². The zero-order chi connectivity index (χ0) is 13.9. The van der Waals surface area contributed by atoms with Gasteiger partial charge in [-0.05, 0) is 35.2 Å². The lowest BCUT2D eigenvalue weighted by Crippen LogP contribution is -2.23. The van der Waals surface area contributed by atoms with Crippen LogP contribution in [0.1, 0.15) is 10.4 Å². The quantitative estimate of drug-likeness (QED) is 0.889. The van der Waals surface area contributed by atoms with Crippen molar-refractivity contribution in [1.82, 2.24) is 4.72 Å². The highest BCUT2D eigenvalue weighted by Crippen LogP contribution is 2.20. The molecule has 1 aromatic carbocycles. The number of hydrogen-bond donors (Lipinski definition) is 2. The molecule has 2 aromatic rings. The van der Waals surface area contributed by atoms with Crippen LogP contribution in [-0.2, 0) is 23.1 Å². The molecule has 0 atom stereocenters. The number of nitrogens with two attached hydrogens (primary N) is 1. The van der Waals surface area contributed by atoms with Crippen LogP contribution in [0, 0.1) is 0 Å². The third-order valence-electron chi connectivity index (χ3n) is 2.56. The van der Waals surface area contributed by atoms with Gasteiger partial charge in [0.25, 0.3) is 0 Å². The summed E-state index contributed by atoms with van der Waals surface area (Å²) in [6.45, 7) is 0.480. The van der Waals surface area contributed by atoms with Gasteiger partial charge in [-0.25, -0.2) is 13.1 Å². The fourth-order valence-corrected chi connectivity index (χ4v) is 3.52. The number of benzene rings is 1. The molecular weight excluding hydrogens is 304 g/mol. The minimum Gasteiger partial charge on any atom is -0.326 e. The van der Waals surface area contributed by atoms with Gasteiger partial charge in [0.05, 0.1) is 4.90 Å². The maximum Gasteiger partial charge on any atom is 0.240 e. The van der Waals surface area contributed by atoms with Crippen molar-refractivity contribution in [3.8, 4) is 0 Å². The van der Waals surface area contributed by atoms with Crippen LogP contribution in [0.15, 0.2) is 40.6 Å². The molecule has 0 spiro atoms. The maximum absolute atomic E-state index is 12.1. The van der Waals surface area contributed by atoms with Gasteiger partial charge >= 0.3 is 0 Å². The van der Waals surface area contributed by atoms with E-state index in [1.54, 1.807) is 6.07 Å². The van der Waals surface area contributed by atoms with Crippen molar-refractivity contribution in [2.45, 2.75) is 18.0 Å². The number of rotatable bonds is 5. The van der Waals surface area contributed by atoms with E-state index in [1.807, 2.05) is 17.5 Å². The van der Waals surface area contributed by atoms with Crippen molar-refractivity contribution in [1.29, 1.82) is 0 Å². The molecular formula is C12H13ClN2O2S2. The summed E-state index contributed by atoms with van der Waals surface area (Å²) in [5.74, 6) is 0. The molecule has 102 valence electrons. The molecule has 0 aliphatic heterocycles. The Morgan fingerprint density at radius 2 is 2.11 bits per heavy atom. The van der Waals surface area contributed by atoms with E-state index in [1.165, 1.54) is 23.5 Å². The largest absolute Gasteiger partial charge is 0.326 e. The summed E-state index contributed by atoms with van der Waals surface area (Å²) < 4.78 is 26.8. The van der Waals surface area contributed by atoms with Crippen molar-refractivity contribution in [3.05, 3.63) is 51.2 Å². The van der Waals surface area contributed by atoms with Crippen LogP contribution in [0.3, 0.4) is 0 Å². The SMILES string of the molecule is NCc1cc(S(=O)(=O)NCc2cccs2)ccc1Cl. The normalized spacial score (nSPS) is 11.7. The summed E-state index contributed by atoms with van der Waals surface area (Å²) in [4.78, 5) is 1.13. The Bertz CT molecular complexity index is 654. The summed E-state index contributed by atoms with van der Waals surface area (Å²) in [6.07, 6.45) is 0. The Morgan fingerprint density at radius 1 is 1.32 bits per heavy atom. The van der Waals surface area contributed by atoms with Crippen molar-refractivity contribution < 1.29 is 8.42 Å². The summed E-state index contributed by atoms with van der Waals surface area (Å²) >= 11 is 7.41. The molecule has 2 rings (SSSR count). The van der Waals surface area contributed by atoms with Gasteiger partial charge in [0.2, 0.25) is 10.0 Å². The van der Waals surface area contributed by atoms with E-state index in [0.29, 0.717) is 10.6 Å². The zero-order valence-corrected chi connectivity index (χ0v) is 12.4. The van der Waals surface area contributed by atoms with Gasteiger partial charge < -0.3 is 5.73 Å². The number of thiophene rings is 1. The lowest BCUT2D eigenvalue weighted by molar-refractivity contribution is 0.581. The molecule has 1 aromatic heterocycles. The fraction of sp³-hybridized carbons (Fsp3) is 0.167. The highest BCUT2D eigenvalue weighted by Gasteiger charge is 2.15. The lowest BCUT2D eigenvalue weighted by atomic mass is 10.2. The lowest BCUT2D eigenvalue weighted by Gasteiger charge is -2.08. The molecule has 0 fully saturated rings. The first-order valence-electron chi connectivity index (χ1n) is 5.53. The average Bonchev–Trinajstić information content (AvgIpc) is 2.90. The van der Waals surface area contributed by atoms with Gasteiger partial charge in [0, 0.05) is 23.0 Å². The highest BCUT2D eigenvalue weighted by molar-refractivity contribution is 7.89. The third-order valence-corrected chi connectivity index (χ3v) is 5.21. The minimum atomic E-state index is -3.54. The van der Waals surface area contributed by atoms with E-state index in [-0.39, 0.29) is 18.0 Å². The molecule has 4 nitrogen and oxygen atoms in total. The molecule has 19 heavy (non-hydrogen) atoms. The molecule has 7 heteroatoms. The summed E-state index contributed by atoms with van der Waals surface area (Å²) in [5, 5.41) is 2.37. The number of halogens is 1. The summed E-state index contributed by atoms with van der Waals surface area (Å²) in [6, 6.07) is 8.27. The monoisotopic (exact) mass is 316 g/mol. The van der Waals surface area contributed by atoms with Gasteiger partial charge in [-0.3, -0.25) is 0 Å². The Kier molecular flexibility index (Phi) is 4.59. The second-order valence-corrected chi connectivity index (χ2v) is 7.07. The van der Waals surface area contributed by atoms with Gasteiger partial charge in [-0.2, -0.15) is 0 Å². The van der Waals surface area contributed by atoms with Crippen LogP contribution >= 0.6 is 22.9 Å². The first-order chi connectivity index (χ1) is 9.03. The molecule has 0 saturated heterocycles. The predicted molar refractivity (Wildman–Crippen MR) is 77.7 cm³/mol. The van der Waals surface area contributed by atoms with Crippen LogP contribution in [0.5, 0.6) is 0 Å². The Balaban J connectivity index is 2.19. The first kappa shape index (κ1) is 14.5. The smallest absolute Gasteiger partial charge is 0.240 e. The molecule has 0 radical (unpaired) electrons. The Labute approximate surface area is 121 Å². The van der Waals surface area contributed by atoms with Gasteiger partial charge in [-0.15, -0.1) is 11.3 Å². The summed E-state index contributed by atoms with van der Waals surface area (Å²) in [7, 11) is -3.54. The van der Waals surface area contributed by atoms with Crippen molar-refractivity contribution in [2.75, 3.05) is 0 Å². The molecule has 0 aliphatic carbocycles. The van der Waals surface area contributed by atoms with E-state index in [2.05, 4.69) is 4.72 Å². The van der Waals surface area contributed by atoms with E-state index in [0.717, 1.165) is 4.88 Å². The molecule has 0 amide bonds. The van der Waals surface area contributed by atoms with Crippen LogP contribution in [0.2, 0.25) is 5.02 Å². The Morgan fingerprint density at radius 3 is 2.74 bits per heavy atom. The molecule has 0 saturated carbocycles. The third kappa shape index (κ3) is 3.55. The van der Waals surface area contributed by atoms with Gasteiger partial charge in [0.1, 0.15) is 0 Å². The predicted octanol–water partition coefficient (Wildman–Crippen LogP) is 2.34. The number of hydrogen-bond acceptors (Lipinski definition) is 4.